The Balaban J connectivity index is 1.40. The predicted octanol–water partition coefficient (Wildman–Crippen LogP) is 3.31. The van der Waals surface area contributed by atoms with E-state index in [0.717, 1.165) is 0 Å². The molecule has 12 heteroatoms. The molecule has 4 heterocycles. The van der Waals surface area contributed by atoms with Gasteiger partial charge in [-0.1, -0.05) is 6.07 Å². The second-order valence-corrected chi connectivity index (χ2v) is 8.75. The van der Waals surface area contributed by atoms with E-state index in [1.54, 1.807) is 41.1 Å². The Labute approximate surface area is 203 Å². The summed E-state index contributed by atoms with van der Waals surface area (Å²) in [5.74, 6) is -1.73. The molecule has 1 aromatic carbocycles. The van der Waals surface area contributed by atoms with Gasteiger partial charge in [0.1, 0.15) is 11.5 Å². The van der Waals surface area contributed by atoms with Gasteiger partial charge in [-0.3, -0.25) is 9.69 Å². The third-order valence-corrected chi connectivity index (χ3v) is 6.24. The van der Waals surface area contributed by atoms with Gasteiger partial charge < -0.3 is 18.8 Å². The number of carbonyl (C=O) groups is 1. The monoisotopic (exact) mass is 500 g/mol. The number of pyridine rings is 1. The molecule has 1 atom stereocenters. The summed E-state index contributed by atoms with van der Waals surface area (Å²) >= 11 is 0. The molecule has 1 aliphatic rings. The third-order valence-electron chi connectivity index (χ3n) is 6.24. The molecule has 1 N–H and O–H groups in total. The van der Waals surface area contributed by atoms with Crippen LogP contribution in [-0.2, 0) is 11.3 Å². The highest BCUT2D eigenvalue weighted by Gasteiger charge is 2.38. The van der Waals surface area contributed by atoms with Gasteiger partial charge in [0.05, 0.1) is 24.8 Å². The number of likely N-dealkylation sites (tertiary alicyclic amines) is 1. The van der Waals surface area contributed by atoms with Crippen molar-refractivity contribution < 1.29 is 27.5 Å². The van der Waals surface area contributed by atoms with Gasteiger partial charge >= 0.3 is 6.43 Å². The van der Waals surface area contributed by atoms with Crippen molar-refractivity contribution in [3.05, 3.63) is 66.2 Å². The molecule has 188 valence electrons. The maximum atomic E-state index is 14.0. The Morgan fingerprint density at radius 1 is 1.25 bits per heavy atom. The number of aliphatic hydroxyl groups excluding tert-OH is 1. The molecule has 5 rings (SSSR count). The summed E-state index contributed by atoms with van der Waals surface area (Å²) in [5.41, 5.74) is 1.86. The molecule has 1 fully saturated rings. The number of benzene rings is 1. The van der Waals surface area contributed by atoms with E-state index in [1.807, 2.05) is 11.8 Å². The maximum Gasteiger partial charge on any atom is 0.314 e. The number of aliphatic hydroxyl groups is 1. The number of anilines is 1. The minimum atomic E-state index is -2.87. The van der Waals surface area contributed by atoms with Gasteiger partial charge in [0.25, 0.3) is 5.89 Å². The summed E-state index contributed by atoms with van der Waals surface area (Å²) in [6.45, 7) is 3.00. The van der Waals surface area contributed by atoms with Gasteiger partial charge in [-0.15, -0.1) is 10.2 Å². The summed E-state index contributed by atoms with van der Waals surface area (Å²) in [6, 6.07) is 9.01. The first-order chi connectivity index (χ1) is 17.3. The zero-order chi connectivity index (χ0) is 25.4. The van der Waals surface area contributed by atoms with Crippen molar-refractivity contribution in [1.82, 2.24) is 24.5 Å². The Bertz CT molecular complexity index is 1380. The van der Waals surface area contributed by atoms with E-state index < -0.39 is 18.1 Å². The number of alkyl halides is 2. The number of hydrogen-bond donors (Lipinski definition) is 1. The minimum absolute atomic E-state index is 0.00476. The van der Waals surface area contributed by atoms with Gasteiger partial charge in [0.15, 0.2) is 0 Å². The van der Waals surface area contributed by atoms with E-state index in [2.05, 4.69) is 15.2 Å². The smallest absolute Gasteiger partial charge is 0.314 e. The molecule has 1 aliphatic heterocycles. The zero-order valence-corrected chi connectivity index (χ0v) is 19.3. The summed E-state index contributed by atoms with van der Waals surface area (Å²) in [4.78, 5) is 21.5. The van der Waals surface area contributed by atoms with Gasteiger partial charge in [-0.2, -0.15) is 8.78 Å². The summed E-state index contributed by atoms with van der Waals surface area (Å²) in [7, 11) is 0. The van der Waals surface area contributed by atoms with Crippen LogP contribution in [0, 0.1) is 11.7 Å². The number of imidazole rings is 1. The first kappa shape index (κ1) is 23.9. The predicted molar refractivity (Wildman–Crippen MR) is 123 cm³/mol. The molecule has 4 aromatic rings. The van der Waals surface area contributed by atoms with E-state index in [-0.39, 0.29) is 36.9 Å². The van der Waals surface area contributed by atoms with Crippen LogP contribution < -0.4 is 4.90 Å². The van der Waals surface area contributed by atoms with E-state index in [9.17, 15) is 23.1 Å². The average Bonchev–Trinajstić information content (AvgIpc) is 3.48. The van der Waals surface area contributed by atoms with Crippen molar-refractivity contribution in [2.75, 3.05) is 24.6 Å². The molecule has 0 bridgehead atoms. The fourth-order valence-corrected chi connectivity index (χ4v) is 4.15. The summed E-state index contributed by atoms with van der Waals surface area (Å²) in [6.07, 6.45) is 0.536. The van der Waals surface area contributed by atoms with Gasteiger partial charge in [-0.05, 0) is 37.3 Å². The number of amides is 1. The molecule has 9 nitrogen and oxygen atoms in total. The van der Waals surface area contributed by atoms with Crippen molar-refractivity contribution in [2.24, 2.45) is 5.92 Å². The van der Waals surface area contributed by atoms with E-state index in [4.69, 9.17) is 4.42 Å². The lowest BCUT2D eigenvalue weighted by Gasteiger charge is -2.43. The third kappa shape index (κ3) is 4.69. The topological polar surface area (TPSA) is 100 Å². The van der Waals surface area contributed by atoms with Gasteiger partial charge in [0.2, 0.25) is 11.8 Å². The van der Waals surface area contributed by atoms with Crippen molar-refractivity contribution in [3.63, 3.8) is 0 Å². The molecule has 1 saturated heterocycles. The Morgan fingerprint density at radius 2 is 2.06 bits per heavy atom. The summed E-state index contributed by atoms with van der Waals surface area (Å²) in [5, 5.41) is 16.4. The first-order valence-electron chi connectivity index (χ1n) is 11.3. The molecule has 36 heavy (non-hydrogen) atoms. The molecule has 0 saturated carbocycles. The fraction of sp³-hybridized carbons (Fsp3) is 0.333. The highest BCUT2D eigenvalue weighted by Crippen LogP contribution is 2.27. The molecule has 1 amide bonds. The Hall–Kier alpha value is -3.77. The number of hydrogen-bond acceptors (Lipinski definition) is 7. The lowest BCUT2D eigenvalue weighted by Crippen LogP contribution is -2.58. The number of carbonyl (C=O) groups excluding carboxylic acids is 1. The highest BCUT2D eigenvalue weighted by molar-refractivity contribution is 5.95. The Kier molecular flexibility index (Phi) is 6.46. The maximum absolute atomic E-state index is 14.0. The Morgan fingerprint density at radius 3 is 2.75 bits per heavy atom. The fourth-order valence-electron chi connectivity index (χ4n) is 4.15. The number of nitrogens with zero attached hydrogens (tertiary/aromatic N) is 6. The van der Waals surface area contributed by atoms with Crippen molar-refractivity contribution in [1.29, 1.82) is 0 Å². The van der Waals surface area contributed by atoms with Crippen LogP contribution in [0.4, 0.5) is 18.9 Å². The first-order valence-corrected chi connectivity index (χ1v) is 11.3. The van der Waals surface area contributed by atoms with Crippen LogP contribution in [0.15, 0.2) is 53.2 Å². The van der Waals surface area contributed by atoms with Crippen LogP contribution in [0.3, 0.4) is 0 Å². The van der Waals surface area contributed by atoms with Gasteiger partial charge in [0, 0.05) is 42.8 Å². The normalized spacial score (nSPS) is 15.4. The lowest BCUT2D eigenvalue weighted by molar-refractivity contribution is -0.129. The molecular weight excluding hydrogens is 477 g/mol. The van der Waals surface area contributed by atoms with Crippen LogP contribution in [0.25, 0.3) is 17.1 Å². The van der Waals surface area contributed by atoms with Gasteiger partial charge in [-0.25, -0.2) is 9.37 Å². The SMILES string of the molecule is CC(CO)N1CC(C(=O)N(Cc2cn3ccc(-c4nnc(C(F)F)o4)cc3n2)c2cccc(F)c2)C1. The number of aromatic nitrogens is 4. The molecule has 3 aromatic heterocycles. The van der Waals surface area contributed by atoms with E-state index in [1.165, 1.54) is 17.0 Å². The average molecular weight is 500 g/mol. The van der Waals surface area contributed by atoms with Crippen molar-refractivity contribution in [2.45, 2.75) is 25.9 Å². The molecule has 0 radical (unpaired) electrons. The largest absolute Gasteiger partial charge is 0.415 e. The molecule has 1 unspecified atom stereocenters. The number of rotatable bonds is 8. The highest BCUT2D eigenvalue weighted by atomic mass is 19.3. The lowest BCUT2D eigenvalue weighted by atomic mass is 9.96. The number of halogens is 3. The van der Waals surface area contributed by atoms with Crippen molar-refractivity contribution in [3.8, 4) is 11.5 Å². The molecule has 0 spiro atoms. The van der Waals surface area contributed by atoms with E-state index >= 15 is 0 Å². The zero-order valence-electron chi connectivity index (χ0n) is 19.3. The summed E-state index contributed by atoms with van der Waals surface area (Å²) < 4.78 is 46.3. The minimum Gasteiger partial charge on any atom is -0.415 e. The second kappa shape index (κ2) is 9.70. The van der Waals surface area contributed by atoms with E-state index in [0.29, 0.717) is 35.7 Å². The van der Waals surface area contributed by atoms with Crippen LogP contribution in [0.2, 0.25) is 0 Å². The van der Waals surface area contributed by atoms with Crippen LogP contribution in [0.5, 0.6) is 0 Å². The standard InChI is InChI=1S/C24H23F3N6O3/c1-14(13-34)32-9-16(10-32)24(35)33(19-4-2-3-17(25)8-19)12-18-11-31-6-5-15(7-20(31)28-18)22-29-30-23(36-22)21(26)27/h2-8,11,14,16,21,34H,9-10,12-13H2,1H3. The van der Waals surface area contributed by atoms with Crippen molar-refractivity contribution >= 4 is 17.2 Å². The quantitative estimate of drug-likeness (QED) is 0.396. The molecule has 0 aliphatic carbocycles. The molecular formula is C24H23F3N6O3. The van der Waals surface area contributed by atoms with Crippen LogP contribution in [0.1, 0.15) is 24.9 Å². The van der Waals surface area contributed by atoms with Crippen LogP contribution >= 0.6 is 0 Å². The van der Waals surface area contributed by atoms with Crippen LogP contribution in [-0.4, -0.2) is 61.2 Å². The number of fused-ring (bicyclic) bond motifs is 1. The second-order valence-electron chi connectivity index (χ2n) is 8.75.